The summed E-state index contributed by atoms with van der Waals surface area (Å²) < 4.78 is 1.99. The number of nitrogens with zero attached hydrogens (tertiary/aromatic N) is 4. The third kappa shape index (κ3) is 7.55. The predicted octanol–water partition coefficient (Wildman–Crippen LogP) is 5.91. The fraction of sp³-hybridized carbons (Fsp3) is 0.267. The molecule has 41 heavy (non-hydrogen) atoms. The molecule has 0 aliphatic carbocycles. The molecule has 0 spiro atoms. The molecule has 1 aliphatic heterocycles. The lowest BCUT2D eigenvalue weighted by atomic mass is 10.2. The average molecular weight is 637 g/mol. The van der Waals surface area contributed by atoms with Crippen molar-refractivity contribution >= 4 is 59.6 Å². The number of β-amino-alcohol motifs (C(OH)–C–C–N with tert-alkyl or cyclic N) is 1. The minimum absolute atomic E-state index is 0. The standard InChI is InChI=1S/C30H31Cl2N5O2.2ClH/c1-21-28(34-29(22-9-4-2-5-10-22)37(21)23-11-6-3-7-12-23)30(39)33-19-24(38)20-35-15-17-36(18-16-35)26-14-8-13-25(31)27(26)32;;/h2-14,24,38H,15-20H2,1H3,(H,33,39);2*1H. The van der Waals surface area contributed by atoms with Crippen LogP contribution in [0.25, 0.3) is 17.1 Å². The topological polar surface area (TPSA) is 73.6 Å². The zero-order chi connectivity index (χ0) is 27.4. The largest absolute Gasteiger partial charge is 0.390 e. The molecular formula is C30H33Cl4N5O2. The van der Waals surface area contributed by atoms with Gasteiger partial charge in [-0.2, -0.15) is 0 Å². The first kappa shape index (κ1) is 32.7. The molecule has 1 aromatic heterocycles. The molecule has 218 valence electrons. The molecule has 2 heterocycles. The third-order valence-corrected chi connectivity index (χ3v) is 7.79. The van der Waals surface area contributed by atoms with Gasteiger partial charge < -0.3 is 15.3 Å². The van der Waals surface area contributed by atoms with Gasteiger partial charge in [-0.3, -0.25) is 14.3 Å². The summed E-state index contributed by atoms with van der Waals surface area (Å²) in [7, 11) is 0. The maximum atomic E-state index is 13.2. The molecular weight excluding hydrogens is 604 g/mol. The third-order valence-electron chi connectivity index (χ3n) is 6.98. The maximum Gasteiger partial charge on any atom is 0.271 e. The highest BCUT2D eigenvalue weighted by Gasteiger charge is 2.24. The first-order valence-electron chi connectivity index (χ1n) is 13.0. The minimum atomic E-state index is -0.708. The van der Waals surface area contributed by atoms with E-state index in [1.165, 1.54) is 0 Å². The van der Waals surface area contributed by atoms with Crippen LogP contribution >= 0.6 is 48.0 Å². The molecule has 5 rings (SSSR count). The number of rotatable bonds is 8. The van der Waals surface area contributed by atoms with Crippen molar-refractivity contribution in [1.82, 2.24) is 19.8 Å². The number of anilines is 1. The van der Waals surface area contributed by atoms with Crippen LogP contribution in [-0.4, -0.2) is 70.8 Å². The van der Waals surface area contributed by atoms with E-state index < -0.39 is 6.10 Å². The number of hydrogen-bond acceptors (Lipinski definition) is 5. The quantitative estimate of drug-likeness (QED) is 0.252. The molecule has 4 aromatic rings. The Morgan fingerprint density at radius 1 is 0.927 bits per heavy atom. The van der Waals surface area contributed by atoms with Crippen LogP contribution in [0.4, 0.5) is 5.69 Å². The van der Waals surface area contributed by atoms with E-state index in [0.717, 1.165) is 48.8 Å². The van der Waals surface area contributed by atoms with Gasteiger partial charge in [0.15, 0.2) is 0 Å². The van der Waals surface area contributed by atoms with E-state index in [4.69, 9.17) is 28.2 Å². The van der Waals surface area contributed by atoms with Crippen molar-refractivity contribution in [3.05, 3.63) is 100 Å². The van der Waals surface area contributed by atoms with Gasteiger partial charge in [0.25, 0.3) is 5.91 Å². The van der Waals surface area contributed by atoms with Gasteiger partial charge in [-0.15, -0.1) is 24.8 Å². The lowest BCUT2D eigenvalue weighted by Gasteiger charge is -2.37. The Bertz CT molecular complexity index is 1430. The molecule has 0 radical (unpaired) electrons. The van der Waals surface area contributed by atoms with Crippen LogP contribution in [0.2, 0.25) is 10.0 Å². The van der Waals surface area contributed by atoms with Crippen LogP contribution in [0.1, 0.15) is 16.2 Å². The number of hydrogen-bond donors (Lipinski definition) is 2. The number of carbonyl (C=O) groups excluding carboxylic acids is 1. The Morgan fingerprint density at radius 3 is 2.22 bits per heavy atom. The number of aromatic nitrogens is 2. The molecule has 1 atom stereocenters. The zero-order valence-corrected chi connectivity index (χ0v) is 25.7. The number of halogens is 4. The minimum Gasteiger partial charge on any atom is -0.390 e. The summed E-state index contributed by atoms with van der Waals surface area (Å²) in [6, 6.07) is 25.3. The summed E-state index contributed by atoms with van der Waals surface area (Å²) in [4.78, 5) is 22.3. The van der Waals surface area contributed by atoms with E-state index in [9.17, 15) is 9.90 Å². The maximum absolute atomic E-state index is 13.2. The molecule has 1 unspecified atom stereocenters. The number of nitrogens with one attached hydrogen (secondary N) is 1. The van der Waals surface area contributed by atoms with Gasteiger partial charge >= 0.3 is 0 Å². The lowest BCUT2D eigenvalue weighted by molar-refractivity contribution is 0.0847. The van der Waals surface area contributed by atoms with Crippen molar-refractivity contribution in [3.8, 4) is 17.1 Å². The predicted molar refractivity (Wildman–Crippen MR) is 172 cm³/mol. The Hall–Kier alpha value is -2.78. The Morgan fingerprint density at radius 2 is 1.56 bits per heavy atom. The smallest absolute Gasteiger partial charge is 0.271 e. The van der Waals surface area contributed by atoms with Gasteiger partial charge in [0.05, 0.1) is 27.5 Å². The van der Waals surface area contributed by atoms with Crippen molar-refractivity contribution in [2.24, 2.45) is 0 Å². The van der Waals surface area contributed by atoms with Crippen LogP contribution in [0, 0.1) is 6.92 Å². The number of carbonyl (C=O) groups is 1. The Labute approximate surface area is 262 Å². The van der Waals surface area contributed by atoms with Crippen molar-refractivity contribution in [2.45, 2.75) is 13.0 Å². The highest BCUT2D eigenvalue weighted by molar-refractivity contribution is 6.43. The van der Waals surface area contributed by atoms with Crippen LogP contribution in [0.5, 0.6) is 0 Å². The van der Waals surface area contributed by atoms with E-state index >= 15 is 0 Å². The number of amides is 1. The summed E-state index contributed by atoms with van der Waals surface area (Å²) in [5.74, 6) is 0.390. The van der Waals surface area contributed by atoms with Gasteiger partial charge in [0.1, 0.15) is 11.5 Å². The van der Waals surface area contributed by atoms with Gasteiger partial charge in [0, 0.05) is 50.5 Å². The van der Waals surface area contributed by atoms with Crippen molar-refractivity contribution < 1.29 is 9.90 Å². The van der Waals surface area contributed by atoms with E-state index in [2.05, 4.69) is 15.1 Å². The number of aliphatic hydroxyl groups is 1. The first-order chi connectivity index (χ1) is 18.9. The number of imidazole rings is 1. The molecule has 11 heteroatoms. The van der Waals surface area contributed by atoms with E-state index in [1.807, 2.05) is 84.3 Å². The first-order valence-corrected chi connectivity index (χ1v) is 13.8. The highest BCUT2D eigenvalue weighted by atomic mass is 35.5. The number of para-hydroxylation sites is 1. The van der Waals surface area contributed by atoms with Crippen molar-refractivity contribution in [1.29, 1.82) is 0 Å². The fourth-order valence-corrected chi connectivity index (χ4v) is 5.37. The molecule has 1 fully saturated rings. The molecule has 0 saturated carbocycles. The average Bonchev–Trinajstić information content (AvgIpc) is 3.31. The van der Waals surface area contributed by atoms with Gasteiger partial charge in [-0.25, -0.2) is 4.98 Å². The highest BCUT2D eigenvalue weighted by Crippen LogP contribution is 2.33. The second kappa shape index (κ2) is 14.9. The molecule has 2 N–H and O–H groups in total. The van der Waals surface area contributed by atoms with Gasteiger partial charge in [-0.05, 0) is 31.2 Å². The monoisotopic (exact) mass is 635 g/mol. The molecule has 1 amide bonds. The number of aliphatic hydroxyl groups excluding tert-OH is 1. The molecule has 3 aromatic carbocycles. The fourth-order valence-electron chi connectivity index (χ4n) is 4.96. The molecule has 0 bridgehead atoms. The van der Waals surface area contributed by atoms with Gasteiger partial charge in [0.2, 0.25) is 0 Å². The Balaban J connectivity index is 0.00000231. The van der Waals surface area contributed by atoms with Crippen LogP contribution in [0.3, 0.4) is 0 Å². The second-order valence-corrected chi connectivity index (χ2v) is 10.4. The molecule has 7 nitrogen and oxygen atoms in total. The summed E-state index contributed by atoms with van der Waals surface area (Å²) in [5, 5.41) is 14.7. The zero-order valence-electron chi connectivity index (χ0n) is 22.5. The summed E-state index contributed by atoms with van der Waals surface area (Å²) >= 11 is 12.6. The van der Waals surface area contributed by atoms with Crippen molar-refractivity contribution in [2.75, 3.05) is 44.2 Å². The van der Waals surface area contributed by atoms with E-state index in [1.54, 1.807) is 6.07 Å². The summed E-state index contributed by atoms with van der Waals surface area (Å²) in [6.45, 7) is 5.59. The van der Waals surface area contributed by atoms with Gasteiger partial charge in [-0.1, -0.05) is 77.8 Å². The normalized spacial score (nSPS) is 14.1. The van der Waals surface area contributed by atoms with Crippen LogP contribution < -0.4 is 10.2 Å². The van der Waals surface area contributed by atoms with E-state index in [-0.39, 0.29) is 37.3 Å². The molecule has 1 saturated heterocycles. The van der Waals surface area contributed by atoms with Crippen LogP contribution in [-0.2, 0) is 0 Å². The van der Waals surface area contributed by atoms with E-state index in [0.29, 0.717) is 28.1 Å². The summed E-state index contributed by atoms with van der Waals surface area (Å²) in [5.41, 5.74) is 3.86. The number of benzene rings is 3. The number of piperazine rings is 1. The SMILES string of the molecule is Cc1c(C(=O)NCC(O)CN2CCN(c3cccc(Cl)c3Cl)CC2)nc(-c2ccccc2)n1-c1ccccc1.Cl.Cl. The second-order valence-electron chi connectivity index (χ2n) is 9.63. The van der Waals surface area contributed by atoms with Crippen LogP contribution in [0.15, 0.2) is 78.9 Å². The lowest BCUT2D eigenvalue weighted by Crippen LogP contribution is -2.50. The van der Waals surface area contributed by atoms with Crippen molar-refractivity contribution in [3.63, 3.8) is 0 Å². The summed E-state index contributed by atoms with van der Waals surface area (Å²) in [6.07, 6.45) is -0.708. The Kier molecular flexibility index (Phi) is 11.9. The molecule has 1 aliphatic rings.